The molecule has 132 valence electrons. The maximum absolute atomic E-state index is 12.2. The first-order chi connectivity index (χ1) is 11.2. The Morgan fingerprint density at radius 1 is 1.29 bits per heavy atom. The molecule has 1 aromatic rings. The lowest BCUT2D eigenvalue weighted by Crippen LogP contribution is -2.32. The number of hydrogen-bond acceptors (Lipinski definition) is 5. The lowest BCUT2D eigenvalue weighted by Gasteiger charge is -2.23. The summed E-state index contributed by atoms with van der Waals surface area (Å²) in [6, 6.07) is 5.49. The molecule has 1 aromatic carbocycles. The topological polar surface area (TPSA) is 45.1 Å². The smallest absolute Gasteiger partial charge is 0.406 e. The van der Waals surface area contributed by atoms with Gasteiger partial charge in [-0.3, -0.25) is 4.79 Å². The van der Waals surface area contributed by atoms with Crippen molar-refractivity contribution in [2.75, 3.05) is 32.9 Å². The molecule has 0 bridgehead atoms. The summed E-state index contributed by atoms with van der Waals surface area (Å²) in [6.07, 6.45) is -3.93. The van der Waals surface area contributed by atoms with Crippen molar-refractivity contribution in [1.29, 1.82) is 0 Å². The minimum absolute atomic E-state index is 0.116. The molecule has 0 radical (unpaired) electrons. The Morgan fingerprint density at radius 2 is 1.96 bits per heavy atom. The average molecular weight is 361 g/mol. The predicted molar refractivity (Wildman–Crippen MR) is 87.4 cm³/mol. The van der Waals surface area contributed by atoms with Crippen LogP contribution < -0.4 is 4.74 Å². The monoisotopic (exact) mass is 361 g/mol. The summed E-state index contributed by atoms with van der Waals surface area (Å²) in [7, 11) is 3.90. The largest absolute Gasteiger partial charge is 0.573 e. The maximum atomic E-state index is 12.2. The summed E-state index contributed by atoms with van der Waals surface area (Å²) in [4.78, 5) is 13.9. The summed E-state index contributed by atoms with van der Waals surface area (Å²) >= 11 is 1.13. The molecule has 1 aliphatic heterocycles. The third-order valence-electron chi connectivity index (χ3n) is 3.18. The van der Waals surface area contributed by atoms with Crippen LogP contribution in [0, 0.1) is 0 Å². The van der Waals surface area contributed by atoms with Crippen molar-refractivity contribution in [3.8, 4) is 5.75 Å². The van der Waals surface area contributed by atoms with Crippen LogP contribution >= 0.6 is 11.8 Å². The molecule has 2 rings (SSSR count). The Hall–Kier alpha value is -1.74. The molecule has 0 spiro atoms. The fourth-order valence-electron chi connectivity index (χ4n) is 2.09. The second-order valence-electron chi connectivity index (χ2n) is 5.45. The highest BCUT2D eigenvalue weighted by Gasteiger charge is 2.31. The third kappa shape index (κ3) is 5.72. The van der Waals surface area contributed by atoms with E-state index in [1.165, 1.54) is 29.3 Å². The second kappa shape index (κ2) is 7.89. The number of amides is 1. The Balaban J connectivity index is 2.05. The highest BCUT2D eigenvalue weighted by atomic mass is 32.2. The van der Waals surface area contributed by atoms with E-state index in [2.05, 4.69) is 9.84 Å². The Kier molecular flexibility index (Phi) is 6.11. The van der Waals surface area contributed by atoms with E-state index < -0.39 is 6.36 Å². The molecule has 5 nitrogen and oxygen atoms in total. The molecule has 1 amide bonds. The van der Waals surface area contributed by atoms with Gasteiger partial charge in [0, 0.05) is 12.3 Å². The minimum atomic E-state index is -4.71. The first-order valence-electron chi connectivity index (χ1n) is 7.27. The molecule has 0 fully saturated rings. The van der Waals surface area contributed by atoms with Crippen molar-refractivity contribution in [2.45, 2.75) is 12.8 Å². The van der Waals surface area contributed by atoms with Gasteiger partial charge in [0.1, 0.15) is 5.75 Å². The first kappa shape index (κ1) is 18.6. The van der Waals surface area contributed by atoms with E-state index >= 15 is 0 Å². The summed E-state index contributed by atoms with van der Waals surface area (Å²) in [5, 5.41) is 5.63. The SMILES string of the molecule is CN(C)CCCN1N=C(c2ccc(OC(F)(F)F)cc2)CSC1=O. The van der Waals surface area contributed by atoms with E-state index in [-0.39, 0.29) is 11.0 Å². The van der Waals surface area contributed by atoms with Crippen molar-refractivity contribution < 1.29 is 22.7 Å². The number of thioether (sulfide) groups is 1. The van der Waals surface area contributed by atoms with Crippen LogP contribution in [0.1, 0.15) is 12.0 Å². The molecule has 9 heteroatoms. The van der Waals surface area contributed by atoms with Crippen molar-refractivity contribution in [1.82, 2.24) is 9.91 Å². The molecule has 1 aliphatic rings. The zero-order chi connectivity index (χ0) is 17.7. The fraction of sp³-hybridized carbons (Fsp3) is 0.467. The van der Waals surface area contributed by atoms with Crippen LogP contribution in [0.25, 0.3) is 0 Å². The molecule has 0 aromatic heterocycles. The van der Waals surface area contributed by atoms with Crippen LogP contribution in [-0.4, -0.2) is 60.2 Å². The van der Waals surface area contributed by atoms with Gasteiger partial charge in [-0.05, 0) is 56.9 Å². The van der Waals surface area contributed by atoms with Crippen LogP contribution in [-0.2, 0) is 0 Å². The molecule has 24 heavy (non-hydrogen) atoms. The van der Waals surface area contributed by atoms with Gasteiger partial charge in [-0.15, -0.1) is 13.2 Å². The minimum Gasteiger partial charge on any atom is -0.406 e. The molecular formula is C15H18F3N3O2S. The van der Waals surface area contributed by atoms with Gasteiger partial charge in [-0.2, -0.15) is 5.10 Å². The zero-order valence-electron chi connectivity index (χ0n) is 13.3. The number of carbonyl (C=O) groups is 1. The van der Waals surface area contributed by atoms with Gasteiger partial charge in [-0.1, -0.05) is 11.8 Å². The highest BCUT2D eigenvalue weighted by molar-refractivity contribution is 8.14. The number of carbonyl (C=O) groups excluding carboxylic acids is 1. The zero-order valence-corrected chi connectivity index (χ0v) is 14.2. The summed E-state index contributed by atoms with van der Waals surface area (Å²) < 4.78 is 40.4. The van der Waals surface area contributed by atoms with Gasteiger partial charge in [-0.25, -0.2) is 5.01 Å². The normalized spacial score (nSPS) is 15.7. The standard InChI is InChI=1S/C15H18F3N3O2S/c1-20(2)8-3-9-21-14(22)24-10-13(19-21)11-4-6-12(7-5-11)23-15(16,17)18/h4-7H,3,8-10H2,1-2H3. The molecule has 0 N–H and O–H groups in total. The van der Waals surface area contributed by atoms with Gasteiger partial charge in [0.25, 0.3) is 0 Å². The maximum Gasteiger partial charge on any atom is 0.573 e. The molecule has 0 saturated heterocycles. The first-order valence-corrected chi connectivity index (χ1v) is 8.26. The Morgan fingerprint density at radius 3 is 2.54 bits per heavy atom. The van der Waals surface area contributed by atoms with Gasteiger partial charge >= 0.3 is 11.6 Å². The molecule has 0 aliphatic carbocycles. The fourth-order valence-corrected chi connectivity index (χ4v) is 2.85. The number of benzene rings is 1. The van der Waals surface area contributed by atoms with Crippen LogP contribution in [0.15, 0.2) is 29.4 Å². The van der Waals surface area contributed by atoms with E-state index in [0.717, 1.165) is 24.7 Å². The summed E-state index contributed by atoms with van der Waals surface area (Å²) in [5.41, 5.74) is 1.32. The third-order valence-corrected chi connectivity index (χ3v) is 4.06. The van der Waals surface area contributed by atoms with E-state index in [1.807, 2.05) is 19.0 Å². The molecule has 0 unspecified atom stereocenters. The second-order valence-corrected chi connectivity index (χ2v) is 6.38. The van der Waals surface area contributed by atoms with Crippen molar-refractivity contribution in [2.24, 2.45) is 5.10 Å². The van der Waals surface area contributed by atoms with Crippen LogP contribution in [0.5, 0.6) is 5.75 Å². The summed E-state index contributed by atoms with van der Waals surface area (Å²) in [5.74, 6) is 0.108. The summed E-state index contributed by atoms with van der Waals surface area (Å²) in [6.45, 7) is 1.34. The predicted octanol–water partition coefficient (Wildman–Crippen LogP) is 3.41. The number of halogens is 3. The Bertz CT molecular complexity index is 603. The van der Waals surface area contributed by atoms with E-state index in [4.69, 9.17) is 0 Å². The number of alkyl halides is 3. The number of nitrogens with zero attached hydrogens (tertiary/aromatic N) is 3. The quantitative estimate of drug-likeness (QED) is 0.779. The number of ether oxygens (including phenoxy) is 1. The highest BCUT2D eigenvalue weighted by Crippen LogP contribution is 2.25. The lowest BCUT2D eigenvalue weighted by atomic mass is 10.1. The van der Waals surface area contributed by atoms with Crippen LogP contribution in [0.3, 0.4) is 0 Å². The molecule has 1 heterocycles. The molecule has 0 atom stereocenters. The lowest BCUT2D eigenvalue weighted by molar-refractivity contribution is -0.274. The van der Waals surface area contributed by atoms with Gasteiger partial charge in [0.05, 0.1) is 5.71 Å². The van der Waals surface area contributed by atoms with Crippen molar-refractivity contribution in [3.63, 3.8) is 0 Å². The number of hydrogen-bond donors (Lipinski definition) is 0. The van der Waals surface area contributed by atoms with Crippen LogP contribution in [0.4, 0.5) is 18.0 Å². The van der Waals surface area contributed by atoms with Crippen molar-refractivity contribution >= 4 is 22.7 Å². The molecular weight excluding hydrogens is 343 g/mol. The van der Waals surface area contributed by atoms with Gasteiger partial charge in [0.2, 0.25) is 0 Å². The van der Waals surface area contributed by atoms with Crippen LogP contribution in [0.2, 0.25) is 0 Å². The number of rotatable bonds is 6. The molecule has 0 saturated carbocycles. The van der Waals surface area contributed by atoms with Crippen molar-refractivity contribution in [3.05, 3.63) is 29.8 Å². The van der Waals surface area contributed by atoms with E-state index in [9.17, 15) is 18.0 Å². The van der Waals surface area contributed by atoms with Gasteiger partial charge in [0.15, 0.2) is 0 Å². The number of hydrazone groups is 1. The van der Waals surface area contributed by atoms with E-state index in [0.29, 0.717) is 23.6 Å². The Labute approximate surface area is 142 Å². The van der Waals surface area contributed by atoms with E-state index in [1.54, 1.807) is 0 Å². The van der Waals surface area contributed by atoms with Gasteiger partial charge < -0.3 is 9.64 Å². The average Bonchev–Trinajstić information content (AvgIpc) is 2.48.